The molecular weight excluding hydrogens is 703 g/mol. The molecule has 2 aliphatic carbocycles. The van der Waals surface area contributed by atoms with Crippen LogP contribution in [0, 0.1) is 0 Å². The number of hydrogen-bond acceptors (Lipinski definition) is 2. The van der Waals surface area contributed by atoms with Crippen molar-refractivity contribution < 1.29 is 4.74 Å². The van der Waals surface area contributed by atoms with Gasteiger partial charge in [0.25, 0.3) is 0 Å². The molecule has 0 saturated carbocycles. The second-order valence-electron chi connectivity index (χ2n) is 16.5. The summed E-state index contributed by atoms with van der Waals surface area (Å²) in [6, 6.07) is 73.6. The summed E-state index contributed by atoms with van der Waals surface area (Å²) in [6.07, 6.45) is 0. The topological polar surface area (TPSA) is 12.5 Å². The Balaban J connectivity index is 1.08. The molecule has 9 aromatic rings. The van der Waals surface area contributed by atoms with Gasteiger partial charge in [0.15, 0.2) is 0 Å². The zero-order valence-electron chi connectivity index (χ0n) is 32.4. The molecule has 1 heterocycles. The second kappa shape index (κ2) is 12.2. The van der Waals surface area contributed by atoms with Crippen molar-refractivity contribution in [2.75, 3.05) is 4.90 Å². The smallest absolute Gasteiger partial charge is 0.132 e. The average Bonchev–Trinajstić information content (AvgIpc) is 3.69. The minimum absolute atomic E-state index is 0.116. The third-order valence-corrected chi connectivity index (χ3v) is 13.1. The molecule has 274 valence electrons. The lowest BCUT2D eigenvalue weighted by molar-refractivity contribution is 0.436. The van der Waals surface area contributed by atoms with Crippen LogP contribution in [0.3, 0.4) is 0 Å². The molecule has 0 radical (unpaired) electrons. The molecule has 0 aromatic heterocycles. The number of para-hydroxylation sites is 2. The van der Waals surface area contributed by atoms with E-state index in [1.54, 1.807) is 0 Å². The first-order valence-electron chi connectivity index (χ1n) is 20.3. The summed E-state index contributed by atoms with van der Waals surface area (Å²) in [4.78, 5) is 2.44. The van der Waals surface area contributed by atoms with E-state index in [0.29, 0.717) is 0 Å². The van der Waals surface area contributed by atoms with Crippen LogP contribution in [0.2, 0.25) is 0 Å². The molecule has 58 heavy (non-hydrogen) atoms. The number of hydrogen-bond donors (Lipinski definition) is 0. The van der Waals surface area contributed by atoms with Gasteiger partial charge in [-0.3, -0.25) is 0 Å². The first kappa shape index (κ1) is 33.0. The maximum atomic E-state index is 6.94. The van der Waals surface area contributed by atoms with E-state index in [0.717, 1.165) is 45.3 Å². The molecule has 0 fully saturated rings. The normalized spacial score (nSPS) is 16.1. The number of benzene rings is 9. The monoisotopic (exact) mass is 741 g/mol. The fraction of sp³-hybridized carbons (Fsp3) is 0.0714. The molecule has 0 amide bonds. The van der Waals surface area contributed by atoms with Crippen LogP contribution in [0.1, 0.15) is 47.2 Å². The van der Waals surface area contributed by atoms with E-state index in [2.05, 4.69) is 219 Å². The molecule has 3 aliphatic rings. The van der Waals surface area contributed by atoms with Gasteiger partial charge < -0.3 is 9.64 Å². The molecular formula is C56H39NO. The lowest BCUT2D eigenvalue weighted by Crippen LogP contribution is -2.32. The average molecular weight is 742 g/mol. The minimum atomic E-state index is -0.599. The van der Waals surface area contributed by atoms with E-state index in [4.69, 9.17) is 4.74 Å². The zero-order valence-corrected chi connectivity index (χ0v) is 32.4. The Morgan fingerprint density at radius 1 is 0.345 bits per heavy atom. The predicted molar refractivity (Wildman–Crippen MR) is 239 cm³/mol. The van der Waals surface area contributed by atoms with Crippen LogP contribution in [0.5, 0.6) is 11.5 Å². The maximum absolute atomic E-state index is 6.94. The highest BCUT2D eigenvalue weighted by Gasteiger charge is 2.51. The second-order valence-corrected chi connectivity index (χ2v) is 16.5. The van der Waals surface area contributed by atoms with Crippen LogP contribution in [-0.4, -0.2) is 0 Å². The highest BCUT2D eigenvalue weighted by molar-refractivity contribution is 5.93. The van der Waals surface area contributed by atoms with Gasteiger partial charge in [-0.25, -0.2) is 0 Å². The van der Waals surface area contributed by atoms with Gasteiger partial charge in [0.2, 0.25) is 0 Å². The summed E-state index contributed by atoms with van der Waals surface area (Å²) < 4.78 is 6.94. The molecule has 2 nitrogen and oxygen atoms in total. The van der Waals surface area contributed by atoms with Gasteiger partial charge in [-0.1, -0.05) is 159 Å². The summed E-state index contributed by atoms with van der Waals surface area (Å²) >= 11 is 0. The zero-order chi connectivity index (χ0) is 38.6. The van der Waals surface area contributed by atoms with Crippen molar-refractivity contribution in [1.29, 1.82) is 0 Å². The van der Waals surface area contributed by atoms with Crippen molar-refractivity contribution in [1.82, 2.24) is 0 Å². The number of rotatable bonds is 4. The van der Waals surface area contributed by atoms with Crippen molar-refractivity contribution in [2.24, 2.45) is 0 Å². The third-order valence-electron chi connectivity index (χ3n) is 13.1. The molecule has 0 N–H and O–H groups in total. The largest absolute Gasteiger partial charge is 0.457 e. The van der Waals surface area contributed by atoms with Crippen molar-refractivity contribution in [3.8, 4) is 44.9 Å². The molecule has 1 unspecified atom stereocenters. The fourth-order valence-electron chi connectivity index (χ4n) is 10.4. The van der Waals surface area contributed by atoms with Crippen LogP contribution in [0.25, 0.3) is 44.2 Å². The minimum Gasteiger partial charge on any atom is -0.457 e. The Morgan fingerprint density at radius 2 is 0.897 bits per heavy atom. The summed E-state index contributed by atoms with van der Waals surface area (Å²) in [5.41, 5.74) is 17.7. The number of nitrogens with zero attached hydrogens (tertiary/aromatic N) is 1. The van der Waals surface area contributed by atoms with Crippen molar-refractivity contribution in [3.63, 3.8) is 0 Å². The highest BCUT2D eigenvalue weighted by Crippen LogP contribution is 2.63. The van der Waals surface area contributed by atoms with E-state index < -0.39 is 5.41 Å². The van der Waals surface area contributed by atoms with E-state index in [9.17, 15) is 0 Å². The van der Waals surface area contributed by atoms with Gasteiger partial charge in [0.05, 0.1) is 5.41 Å². The van der Waals surface area contributed by atoms with Crippen LogP contribution in [-0.2, 0) is 10.8 Å². The van der Waals surface area contributed by atoms with Crippen LogP contribution < -0.4 is 9.64 Å². The van der Waals surface area contributed by atoms with E-state index in [1.807, 2.05) is 0 Å². The SMILES string of the molecule is CC1(C)c2ccccc2-c2ccc(N(c3ccccc3)c3ccc4c(c3)C3(c5ccccc5Oc5cc(-c6ccc7ccccc7c6)ccc53)c3ccccc3-4)cc21. The quantitative estimate of drug-likeness (QED) is 0.178. The lowest BCUT2D eigenvalue weighted by Gasteiger charge is -2.40. The molecule has 1 aliphatic heterocycles. The Labute approximate surface area is 339 Å². The summed E-state index contributed by atoms with van der Waals surface area (Å²) in [7, 11) is 0. The summed E-state index contributed by atoms with van der Waals surface area (Å²) in [5.74, 6) is 1.77. The molecule has 1 spiro atoms. The maximum Gasteiger partial charge on any atom is 0.132 e. The van der Waals surface area contributed by atoms with Gasteiger partial charge in [0.1, 0.15) is 11.5 Å². The molecule has 2 heteroatoms. The molecule has 1 atom stereocenters. The van der Waals surface area contributed by atoms with E-state index in [-0.39, 0.29) is 5.41 Å². The number of ether oxygens (including phenoxy) is 1. The van der Waals surface area contributed by atoms with Crippen molar-refractivity contribution >= 4 is 27.8 Å². The Hall–Kier alpha value is -7.16. The Bertz CT molecular complexity index is 3140. The van der Waals surface area contributed by atoms with Crippen molar-refractivity contribution in [3.05, 3.63) is 234 Å². The van der Waals surface area contributed by atoms with Gasteiger partial charge in [-0.2, -0.15) is 0 Å². The van der Waals surface area contributed by atoms with Crippen LogP contribution >= 0.6 is 0 Å². The number of anilines is 3. The highest BCUT2D eigenvalue weighted by atomic mass is 16.5. The first-order chi connectivity index (χ1) is 28.5. The molecule has 9 aromatic carbocycles. The van der Waals surface area contributed by atoms with Gasteiger partial charge in [0, 0.05) is 33.6 Å². The molecule has 12 rings (SSSR count). The van der Waals surface area contributed by atoms with Crippen LogP contribution in [0.4, 0.5) is 17.1 Å². The van der Waals surface area contributed by atoms with Crippen molar-refractivity contribution in [2.45, 2.75) is 24.7 Å². The summed E-state index contributed by atoms with van der Waals surface area (Å²) in [5, 5.41) is 2.47. The molecule has 0 bridgehead atoms. The van der Waals surface area contributed by atoms with Gasteiger partial charge in [-0.15, -0.1) is 0 Å². The standard InChI is InChI=1S/C56H39NO/c1-55(2)47-20-10-8-18-43(47)45-29-27-41(34-51(45)55)57(40-16-4-3-5-17-40)42-28-30-46-44-19-9-11-21-48(44)56(52(46)35-42)49-22-12-13-23-53(49)58-54-33-39(26-31-50(54)56)38-25-24-36-14-6-7-15-37(36)32-38/h3-35H,1-2H3. The fourth-order valence-corrected chi connectivity index (χ4v) is 10.4. The van der Waals surface area contributed by atoms with Gasteiger partial charge >= 0.3 is 0 Å². The Kier molecular flexibility index (Phi) is 6.93. The van der Waals surface area contributed by atoms with E-state index >= 15 is 0 Å². The lowest BCUT2D eigenvalue weighted by atomic mass is 9.66. The first-order valence-corrected chi connectivity index (χ1v) is 20.3. The van der Waals surface area contributed by atoms with E-state index in [1.165, 1.54) is 60.8 Å². The van der Waals surface area contributed by atoms with Gasteiger partial charge in [-0.05, 0) is 121 Å². The molecule has 0 saturated heterocycles. The Morgan fingerprint density at radius 3 is 1.69 bits per heavy atom. The number of fused-ring (bicyclic) bond motifs is 13. The summed E-state index contributed by atoms with van der Waals surface area (Å²) in [6.45, 7) is 4.71. The predicted octanol–water partition coefficient (Wildman–Crippen LogP) is 14.8. The third kappa shape index (κ3) is 4.54. The van der Waals surface area contributed by atoms with Crippen LogP contribution in [0.15, 0.2) is 200 Å².